The quantitative estimate of drug-likeness (QED) is 0.0611. The molecule has 1 aromatic heterocycles. The number of rotatable bonds is 17. The monoisotopic (exact) mass is 840 g/mol. The van der Waals surface area contributed by atoms with Crippen LogP contribution in [0.3, 0.4) is 0 Å². The molecule has 0 saturated heterocycles. The highest BCUT2D eigenvalue weighted by Gasteiger charge is 2.37. The Morgan fingerprint density at radius 2 is 1.53 bits per heavy atom. The summed E-state index contributed by atoms with van der Waals surface area (Å²) >= 11 is 0. The van der Waals surface area contributed by atoms with Crippen molar-refractivity contribution in [1.29, 1.82) is 0 Å². The molecule has 4 aromatic rings. The first kappa shape index (κ1) is 46.1. The fourth-order valence-corrected chi connectivity index (χ4v) is 6.67. The number of allylic oxidation sites excluding steroid dienone is 1. The topological polar surface area (TPSA) is 204 Å². The predicted octanol–water partition coefficient (Wildman–Crippen LogP) is 7.35. The van der Waals surface area contributed by atoms with Crippen molar-refractivity contribution in [2.24, 2.45) is 5.41 Å². The number of benzene rings is 3. The van der Waals surface area contributed by atoms with Gasteiger partial charge in [0.25, 0.3) is 11.8 Å². The van der Waals surface area contributed by atoms with E-state index in [-0.39, 0.29) is 46.5 Å². The Kier molecular flexibility index (Phi) is 15.3. The van der Waals surface area contributed by atoms with Gasteiger partial charge in [0.15, 0.2) is 5.82 Å². The Hall–Kier alpha value is -6.55. The van der Waals surface area contributed by atoms with Crippen molar-refractivity contribution in [3.05, 3.63) is 115 Å². The van der Waals surface area contributed by atoms with Crippen molar-refractivity contribution in [2.45, 2.75) is 72.1 Å². The van der Waals surface area contributed by atoms with Crippen LogP contribution in [0.2, 0.25) is 0 Å². The molecule has 0 aliphatic heterocycles. The highest BCUT2D eigenvalue weighted by Crippen LogP contribution is 2.32. The summed E-state index contributed by atoms with van der Waals surface area (Å²) in [6.07, 6.45) is 3.02. The fourth-order valence-electron chi connectivity index (χ4n) is 5.63. The number of hydrogen-bond acceptors (Lipinski definition) is 11. The maximum absolute atomic E-state index is 14.4. The van der Waals surface area contributed by atoms with Gasteiger partial charge in [-0.05, 0) is 68.9 Å². The normalized spacial score (nSPS) is 12.5. The molecule has 0 aliphatic rings. The third-order valence-corrected chi connectivity index (χ3v) is 9.85. The summed E-state index contributed by atoms with van der Waals surface area (Å²) in [5.74, 6) is -1.77. The van der Waals surface area contributed by atoms with Gasteiger partial charge >= 0.3 is 6.09 Å². The molecule has 15 nitrogen and oxygen atoms in total. The third kappa shape index (κ3) is 13.5. The Labute approximate surface area is 351 Å². The number of hydrogen-bond donors (Lipinski definition) is 4. The van der Waals surface area contributed by atoms with E-state index in [9.17, 15) is 27.6 Å². The highest BCUT2D eigenvalue weighted by molar-refractivity contribution is 7.90. The lowest BCUT2D eigenvalue weighted by Gasteiger charge is -2.32. The van der Waals surface area contributed by atoms with E-state index >= 15 is 0 Å². The van der Waals surface area contributed by atoms with Gasteiger partial charge in [-0.25, -0.2) is 17.9 Å². The number of anilines is 1. The summed E-state index contributed by atoms with van der Waals surface area (Å²) in [4.78, 5) is 63.5. The first-order chi connectivity index (χ1) is 28.2. The number of methoxy groups -OCH3 is 1. The number of nitrogens with zero attached hydrogens (tertiary/aromatic N) is 2. The molecule has 0 bridgehead atoms. The summed E-state index contributed by atoms with van der Waals surface area (Å²) in [7, 11) is -2.49. The minimum Gasteiger partial charge on any atom is -0.481 e. The van der Waals surface area contributed by atoms with Crippen molar-refractivity contribution in [3.63, 3.8) is 0 Å². The molecule has 1 unspecified atom stereocenters. The number of alkyl carbamates (subject to hydrolysis) is 1. The van der Waals surface area contributed by atoms with Gasteiger partial charge < -0.3 is 30.2 Å². The zero-order valence-corrected chi connectivity index (χ0v) is 35.6. The molecule has 0 spiro atoms. The number of carbonyl (C=O) groups is 4. The second-order valence-corrected chi connectivity index (χ2v) is 17.5. The van der Waals surface area contributed by atoms with E-state index in [1.165, 1.54) is 43.5 Å². The van der Waals surface area contributed by atoms with E-state index in [2.05, 4.69) is 39.1 Å². The largest absolute Gasteiger partial charge is 0.481 e. The fraction of sp³-hybridized carbons (Fsp3) is 0.318. The third-order valence-electron chi connectivity index (χ3n) is 8.53. The average Bonchev–Trinajstić information content (AvgIpc) is 3.18. The van der Waals surface area contributed by atoms with Crippen LogP contribution < -0.4 is 30.1 Å². The number of nitrogens with one attached hydrogen (secondary N) is 4. The SMILES string of the molecule is C=CCCCS(=O)(=O)NC(=O)c1cccc(NC(=O)C(NC(=O)[C@@H](NC(=O)OC(C)(C)C)C(C)(C)C)c2ccc(C=C)c(Oc3cc(OC)nc(-c4ccccc4)n3)c2)c1. The van der Waals surface area contributed by atoms with E-state index in [1.54, 1.807) is 65.8 Å². The van der Waals surface area contributed by atoms with Gasteiger partial charge in [-0.15, -0.1) is 6.58 Å². The van der Waals surface area contributed by atoms with Crippen LogP contribution in [0.15, 0.2) is 98.1 Å². The number of ether oxygens (including phenoxy) is 3. The molecule has 4 amide bonds. The number of carbonyl (C=O) groups excluding carboxylic acids is 4. The van der Waals surface area contributed by atoms with E-state index in [1.807, 2.05) is 35.1 Å². The van der Waals surface area contributed by atoms with Gasteiger partial charge in [0.05, 0.1) is 18.9 Å². The molecular weight excluding hydrogens is 789 g/mol. The summed E-state index contributed by atoms with van der Waals surface area (Å²) < 4.78 is 44.2. The molecule has 4 rings (SSSR count). The molecule has 0 fully saturated rings. The molecule has 1 heterocycles. The highest BCUT2D eigenvalue weighted by atomic mass is 32.2. The second kappa shape index (κ2) is 19.9. The van der Waals surface area contributed by atoms with Gasteiger partial charge in [0.2, 0.25) is 27.7 Å². The average molecular weight is 841 g/mol. The summed E-state index contributed by atoms with van der Waals surface area (Å²) in [6, 6.07) is 18.5. The smallest absolute Gasteiger partial charge is 0.408 e. The lowest BCUT2D eigenvalue weighted by Crippen LogP contribution is -2.55. The zero-order valence-electron chi connectivity index (χ0n) is 34.8. The first-order valence-electron chi connectivity index (χ1n) is 19.0. The van der Waals surface area contributed by atoms with Crippen molar-refractivity contribution in [3.8, 4) is 28.9 Å². The molecular formula is C44H52N6O9S. The number of sulfonamides is 1. The van der Waals surface area contributed by atoms with Gasteiger partial charge in [-0.1, -0.05) is 88.0 Å². The van der Waals surface area contributed by atoms with Gasteiger partial charge in [-0.2, -0.15) is 9.97 Å². The Bertz CT molecular complexity index is 2320. The number of amides is 4. The van der Waals surface area contributed by atoms with Crippen molar-refractivity contribution in [1.82, 2.24) is 25.3 Å². The van der Waals surface area contributed by atoms with Crippen molar-refractivity contribution in [2.75, 3.05) is 18.2 Å². The van der Waals surface area contributed by atoms with Gasteiger partial charge in [0, 0.05) is 22.4 Å². The summed E-state index contributed by atoms with van der Waals surface area (Å²) in [5.41, 5.74) is -0.175. The molecule has 0 aliphatic carbocycles. The van der Waals surface area contributed by atoms with Crippen molar-refractivity contribution < 1.29 is 41.8 Å². The van der Waals surface area contributed by atoms with E-state index < -0.39 is 56.9 Å². The zero-order chi connectivity index (χ0) is 44.3. The van der Waals surface area contributed by atoms with Crippen LogP contribution in [-0.4, -0.2) is 66.7 Å². The summed E-state index contributed by atoms with van der Waals surface area (Å²) in [6.45, 7) is 17.8. The molecule has 4 N–H and O–H groups in total. The number of unbranched alkanes of at least 4 members (excludes halogenated alkanes) is 1. The number of aromatic nitrogens is 2. The maximum atomic E-state index is 14.4. The van der Waals surface area contributed by atoms with Gasteiger partial charge in [-0.3, -0.25) is 14.4 Å². The van der Waals surface area contributed by atoms with Crippen LogP contribution in [0.1, 0.15) is 81.9 Å². The van der Waals surface area contributed by atoms with E-state index in [0.29, 0.717) is 23.4 Å². The lowest BCUT2D eigenvalue weighted by atomic mass is 9.86. The predicted molar refractivity (Wildman–Crippen MR) is 230 cm³/mol. The van der Waals surface area contributed by atoms with Crippen LogP contribution in [0.25, 0.3) is 17.5 Å². The molecule has 2 atom stereocenters. The molecule has 60 heavy (non-hydrogen) atoms. The minimum atomic E-state index is -3.95. The van der Waals surface area contributed by atoms with Crippen LogP contribution in [0.4, 0.5) is 10.5 Å². The molecule has 0 saturated carbocycles. The standard InChI is InChI=1S/C44H52N6O9S/c1-10-12-16-24-60(55,56)50-39(51)31-20-17-21-32(25-31)45-40(52)36(48-41(53)37(43(3,4)5)49-42(54)59-44(6,7)8)30-23-22-28(11-2)33(26-30)58-35-27-34(57-9)46-38(47-35)29-18-14-13-15-19-29/h10-11,13-15,17-23,25-27,36-37H,1-2,12,16,24H2,3-9H3,(H,45,52)(H,48,53)(H,49,54)(H,50,51)/t36?,37-/m1/s1. The van der Waals surface area contributed by atoms with Crippen LogP contribution in [0.5, 0.6) is 17.5 Å². The van der Waals surface area contributed by atoms with Crippen molar-refractivity contribution >= 4 is 45.6 Å². The van der Waals surface area contributed by atoms with Crippen LogP contribution >= 0.6 is 0 Å². The maximum Gasteiger partial charge on any atom is 0.408 e. The summed E-state index contributed by atoms with van der Waals surface area (Å²) in [5, 5.41) is 8.15. The first-order valence-corrected chi connectivity index (χ1v) is 20.7. The Morgan fingerprint density at radius 1 is 0.833 bits per heavy atom. The van der Waals surface area contributed by atoms with E-state index in [0.717, 1.165) is 0 Å². The lowest BCUT2D eigenvalue weighted by molar-refractivity contribution is -0.129. The Balaban J connectivity index is 1.74. The van der Waals surface area contributed by atoms with Gasteiger partial charge in [0.1, 0.15) is 23.4 Å². The molecule has 0 radical (unpaired) electrons. The second-order valence-electron chi connectivity index (χ2n) is 15.7. The molecule has 16 heteroatoms. The minimum absolute atomic E-state index is 0.0452. The Morgan fingerprint density at radius 3 is 2.17 bits per heavy atom. The van der Waals surface area contributed by atoms with Crippen LogP contribution in [0, 0.1) is 5.41 Å². The molecule has 318 valence electrons. The van der Waals surface area contributed by atoms with E-state index in [4.69, 9.17) is 14.2 Å². The van der Waals surface area contributed by atoms with Crippen LogP contribution in [-0.2, 0) is 24.3 Å². The molecule has 3 aromatic carbocycles.